The summed E-state index contributed by atoms with van der Waals surface area (Å²) in [5.74, 6) is -0.934. The Morgan fingerprint density at radius 2 is 2.04 bits per heavy atom. The molecular weight excluding hydrogens is 351 g/mol. The van der Waals surface area contributed by atoms with Crippen LogP contribution in [-0.2, 0) is 16.1 Å². The van der Waals surface area contributed by atoms with Crippen LogP contribution in [-0.4, -0.2) is 23.0 Å². The van der Waals surface area contributed by atoms with Gasteiger partial charge in [0.25, 0.3) is 0 Å². The molecule has 8 heteroatoms. The van der Waals surface area contributed by atoms with Crippen LogP contribution in [0.15, 0.2) is 47.8 Å². The number of benzene rings is 1. The molecule has 6 nitrogen and oxygen atoms in total. The Balaban J connectivity index is 1.76. The number of hydrogen-bond acceptors (Lipinski definition) is 4. The first-order valence-corrected chi connectivity index (χ1v) is 7.73. The summed E-state index contributed by atoms with van der Waals surface area (Å²) >= 11 is 11.8. The first-order valence-electron chi connectivity index (χ1n) is 6.97. The summed E-state index contributed by atoms with van der Waals surface area (Å²) in [6, 6.07) is 8.49. The number of carbonyl (C=O) groups is 2. The molecule has 1 aromatic carbocycles. The van der Waals surface area contributed by atoms with E-state index in [1.807, 2.05) is 6.07 Å². The van der Waals surface area contributed by atoms with Gasteiger partial charge in [0.1, 0.15) is 6.42 Å². The SMILES string of the molecule is O=C(CC(=O)N/N=C\c1ccc(Cl)cc1Cl)NCc1cccnc1. The van der Waals surface area contributed by atoms with Crippen molar-refractivity contribution in [2.75, 3.05) is 0 Å². The maximum atomic E-state index is 11.7. The Morgan fingerprint density at radius 1 is 1.21 bits per heavy atom. The molecule has 0 atom stereocenters. The number of rotatable bonds is 6. The van der Waals surface area contributed by atoms with Crippen molar-refractivity contribution in [2.45, 2.75) is 13.0 Å². The molecule has 1 aromatic heterocycles. The predicted octanol–water partition coefficient (Wildman–Crippen LogP) is 2.55. The second-order valence-corrected chi connectivity index (χ2v) is 5.62. The van der Waals surface area contributed by atoms with Gasteiger partial charge < -0.3 is 5.32 Å². The largest absolute Gasteiger partial charge is 0.352 e. The summed E-state index contributed by atoms with van der Waals surface area (Å²) in [6.07, 6.45) is 4.33. The number of pyridine rings is 1. The molecule has 1 heterocycles. The number of aromatic nitrogens is 1. The number of nitrogens with zero attached hydrogens (tertiary/aromatic N) is 2. The summed E-state index contributed by atoms with van der Waals surface area (Å²) in [7, 11) is 0. The van der Waals surface area contributed by atoms with Gasteiger partial charge in [-0.05, 0) is 23.8 Å². The van der Waals surface area contributed by atoms with Crippen LogP contribution in [0.25, 0.3) is 0 Å². The summed E-state index contributed by atoms with van der Waals surface area (Å²) < 4.78 is 0. The minimum absolute atomic E-state index is 0.309. The van der Waals surface area contributed by atoms with Crippen LogP contribution < -0.4 is 10.7 Å². The van der Waals surface area contributed by atoms with Gasteiger partial charge in [-0.25, -0.2) is 5.43 Å². The average Bonchev–Trinajstić information content (AvgIpc) is 2.56. The van der Waals surface area contributed by atoms with Crippen LogP contribution >= 0.6 is 23.2 Å². The molecule has 24 heavy (non-hydrogen) atoms. The molecule has 0 spiro atoms. The van der Waals surface area contributed by atoms with Gasteiger partial charge in [-0.3, -0.25) is 14.6 Å². The van der Waals surface area contributed by atoms with Crippen molar-refractivity contribution < 1.29 is 9.59 Å². The van der Waals surface area contributed by atoms with Crippen molar-refractivity contribution in [1.82, 2.24) is 15.7 Å². The molecule has 2 aromatic rings. The average molecular weight is 365 g/mol. The molecule has 0 bridgehead atoms. The number of amides is 2. The van der Waals surface area contributed by atoms with E-state index in [9.17, 15) is 9.59 Å². The van der Waals surface area contributed by atoms with Gasteiger partial charge in [-0.2, -0.15) is 5.10 Å². The van der Waals surface area contributed by atoms with Crippen LogP contribution in [0, 0.1) is 0 Å². The maximum absolute atomic E-state index is 11.7. The van der Waals surface area contributed by atoms with E-state index in [0.717, 1.165) is 5.56 Å². The molecular formula is C16H14Cl2N4O2. The van der Waals surface area contributed by atoms with Gasteiger partial charge >= 0.3 is 0 Å². The van der Waals surface area contributed by atoms with E-state index >= 15 is 0 Å². The van der Waals surface area contributed by atoms with E-state index in [2.05, 4.69) is 20.8 Å². The molecule has 2 amide bonds. The van der Waals surface area contributed by atoms with Gasteiger partial charge in [0.05, 0.1) is 11.2 Å². The second kappa shape index (κ2) is 9.00. The fourth-order valence-corrected chi connectivity index (χ4v) is 2.19. The van der Waals surface area contributed by atoms with E-state index < -0.39 is 11.8 Å². The lowest BCUT2D eigenvalue weighted by molar-refractivity contribution is -0.129. The Hall–Kier alpha value is -2.44. The lowest BCUT2D eigenvalue weighted by Gasteiger charge is -2.04. The van der Waals surface area contributed by atoms with Gasteiger partial charge in [0.15, 0.2) is 0 Å². The number of halogens is 2. The lowest BCUT2D eigenvalue weighted by atomic mass is 10.2. The zero-order valence-corrected chi connectivity index (χ0v) is 14.0. The minimum atomic E-state index is -0.528. The van der Waals surface area contributed by atoms with E-state index in [1.165, 1.54) is 6.21 Å². The number of nitrogens with one attached hydrogen (secondary N) is 2. The summed E-state index contributed by atoms with van der Waals surface area (Å²) in [6.45, 7) is 0.309. The third kappa shape index (κ3) is 5.98. The highest BCUT2D eigenvalue weighted by Crippen LogP contribution is 2.19. The highest BCUT2D eigenvalue weighted by Gasteiger charge is 2.08. The Kier molecular flexibility index (Phi) is 6.72. The highest BCUT2D eigenvalue weighted by molar-refractivity contribution is 6.36. The third-order valence-corrected chi connectivity index (χ3v) is 3.45. The second-order valence-electron chi connectivity index (χ2n) is 4.77. The number of hydrazone groups is 1. The number of hydrogen-bond donors (Lipinski definition) is 2. The molecule has 0 unspecified atom stereocenters. The van der Waals surface area contributed by atoms with Crippen LogP contribution in [0.1, 0.15) is 17.5 Å². The van der Waals surface area contributed by atoms with E-state index in [4.69, 9.17) is 23.2 Å². The van der Waals surface area contributed by atoms with Gasteiger partial charge in [-0.15, -0.1) is 0 Å². The standard InChI is InChI=1S/C16H14Cl2N4O2/c17-13-4-3-12(14(18)6-13)10-21-22-16(24)7-15(23)20-9-11-2-1-5-19-8-11/h1-6,8,10H,7,9H2,(H,20,23)(H,22,24)/b21-10-. The fourth-order valence-electron chi connectivity index (χ4n) is 1.73. The number of carbonyl (C=O) groups excluding carboxylic acids is 2. The van der Waals surface area contributed by atoms with Gasteiger partial charge in [-0.1, -0.05) is 35.3 Å². The fraction of sp³-hybridized carbons (Fsp3) is 0.125. The molecule has 2 rings (SSSR count). The minimum Gasteiger partial charge on any atom is -0.352 e. The Bertz CT molecular complexity index is 751. The first-order chi connectivity index (χ1) is 11.5. The van der Waals surface area contributed by atoms with Crippen LogP contribution in [0.2, 0.25) is 10.0 Å². The monoisotopic (exact) mass is 364 g/mol. The van der Waals surface area contributed by atoms with E-state index in [0.29, 0.717) is 22.2 Å². The smallest absolute Gasteiger partial charge is 0.249 e. The van der Waals surface area contributed by atoms with Crippen LogP contribution in [0.4, 0.5) is 0 Å². The van der Waals surface area contributed by atoms with Crippen molar-refractivity contribution in [3.05, 3.63) is 63.9 Å². The third-order valence-electron chi connectivity index (χ3n) is 2.89. The topological polar surface area (TPSA) is 83.5 Å². The summed E-state index contributed by atoms with van der Waals surface area (Å²) in [5, 5.41) is 7.30. The molecule has 0 fully saturated rings. The van der Waals surface area contributed by atoms with Crippen molar-refractivity contribution in [3.63, 3.8) is 0 Å². The van der Waals surface area contributed by atoms with Crippen molar-refractivity contribution in [1.29, 1.82) is 0 Å². The zero-order chi connectivity index (χ0) is 17.4. The Morgan fingerprint density at radius 3 is 2.75 bits per heavy atom. The maximum Gasteiger partial charge on any atom is 0.249 e. The van der Waals surface area contributed by atoms with Crippen molar-refractivity contribution >= 4 is 41.2 Å². The van der Waals surface area contributed by atoms with Gasteiger partial charge in [0.2, 0.25) is 11.8 Å². The van der Waals surface area contributed by atoms with Crippen molar-refractivity contribution in [3.8, 4) is 0 Å². The molecule has 124 valence electrons. The molecule has 0 aliphatic rings. The Labute approximate surface area is 148 Å². The van der Waals surface area contributed by atoms with E-state index in [-0.39, 0.29) is 6.42 Å². The molecule has 0 aliphatic carbocycles. The quantitative estimate of drug-likeness (QED) is 0.469. The molecule has 0 radical (unpaired) electrons. The predicted molar refractivity (Wildman–Crippen MR) is 92.9 cm³/mol. The zero-order valence-electron chi connectivity index (χ0n) is 12.5. The molecule has 0 aliphatic heterocycles. The molecule has 2 N–H and O–H groups in total. The highest BCUT2D eigenvalue weighted by atomic mass is 35.5. The summed E-state index contributed by atoms with van der Waals surface area (Å²) in [4.78, 5) is 27.3. The van der Waals surface area contributed by atoms with E-state index in [1.54, 1.807) is 36.7 Å². The van der Waals surface area contributed by atoms with Crippen molar-refractivity contribution in [2.24, 2.45) is 5.10 Å². The van der Waals surface area contributed by atoms with Gasteiger partial charge in [0, 0.05) is 29.5 Å². The summed E-state index contributed by atoms with van der Waals surface area (Å²) in [5.41, 5.74) is 3.72. The van der Waals surface area contributed by atoms with Crippen LogP contribution in [0.3, 0.4) is 0 Å². The lowest BCUT2D eigenvalue weighted by Crippen LogP contribution is -2.29. The molecule has 0 saturated heterocycles. The first kappa shape index (κ1) is 17.9. The van der Waals surface area contributed by atoms with Crippen LogP contribution in [0.5, 0.6) is 0 Å². The normalized spacial score (nSPS) is 10.6. The molecule has 0 saturated carbocycles.